The third-order valence-electron chi connectivity index (χ3n) is 3.84. The van der Waals surface area contributed by atoms with E-state index < -0.39 is 0 Å². The number of pyridine rings is 1. The van der Waals surface area contributed by atoms with Crippen LogP contribution in [-0.2, 0) is 0 Å². The number of rotatable bonds is 4. The zero-order valence-electron chi connectivity index (χ0n) is 12.3. The van der Waals surface area contributed by atoms with Crippen LogP contribution in [0.25, 0.3) is 0 Å². The van der Waals surface area contributed by atoms with E-state index >= 15 is 0 Å². The zero-order chi connectivity index (χ0) is 14.7. The number of aromatic nitrogens is 1. The molecule has 106 valence electrons. The van der Waals surface area contributed by atoms with Crippen molar-refractivity contribution in [1.29, 1.82) is 0 Å². The highest BCUT2D eigenvalue weighted by Gasteiger charge is 2.15. The Morgan fingerprint density at radius 3 is 2.45 bits per heavy atom. The first kappa shape index (κ1) is 14.5. The quantitative estimate of drug-likeness (QED) is 0.927. The van der Waals surface area contributed by atoms with Crippen LogP contribution in [0.15, 0.2) is 47.4 Å². The summed E-state index contributed by atoms with van der Waals surface area (Å²) in [5, 5.41) is 0. The van der Waals surface area contributed by atoms with E-state index in [1.165, 1.54) is 5.56 Å². The van der Waals surface area contributed by atoms with Crippen molar-refractivity contribution in [3.05, 3.63) is 69.6 Å². The molecule has 1 aromatic heterocycles. The minimum absolute atomic E-state index is 0.00919. The SMILES string of the molecule is CCC(C)n1cccc(C(N)c2ccc(C)cc2)c1=O. The first-order valence-electron chi connectivity index (χ1n) is 7.07. The average Bonchev–Trinajstić information content (AvgIpc) is 2.47. The van der Waals surface area contributed by atoms with Gasteiger partial charge >= 0.3 is 0 Å². The van der Waals surface area contributed by atoms with E-state index in [0.29, 0.717) is 5.56 Å². The van der Waals surface area contributed by atoms with Gasteiger partial charge in [0.2, 0.25) is 0 Å². The first-order chi connectivity index (χ1) is 9.54. The summed E-state index contributed by atoms with van der Waals surface area (Å²) >= 11 is 0. The molecule has 0 aliphatic heterocycles. The second-order valence-electron chi connectivity index (χ2n) is 5.32. The molecule has 1 heterocycles. The highest BCUT2D eigenvalue weighted by Crippen LogP contribution is 2.18. The van der Waals surface area contributed by atoms with E-state index in [4.69, 9.17) is 5.73 Å². The van der Waals surface area contributed by atoms with Crippen LogP contribution in [0.5, 0.6) is 0 Å². The smallest absolute Gasteiger partial charge is 0.255 e. The van der Waals surface area contributed by atoms with E-state index in [0.717, 1.165) is 12.0 Å². The third-order valence-corrected chi connectivity index (χ3v) is 3.84. The summed E-state index contributed by atoms with van der Waals surface area (Å²) in [7, 11) is 0. The van der Waals surface area contributed by atoms with Crippen molar-refractivity contribution < 1.29 is 0 Å². The maximum absolute atomic E-state index is 12.5. The average molecular weight is 270 g/mol. The molecule has 0 bridgehead atoms. The monoisotopic (exact) mass is 270 g/mol. The molecule has 0 amide bonds. The second kappa shape index (κ2) is 6.06. The Balaban J connectivity index is 2.42. The van der Waals surface area contributed by atoms with Crippen LogP contribution in [0.1, 0.15) is 49.0 Å². The van der Waals surface area contributed by atoms with Gasteiger partial charge in [-0.1, -0.05) is 42.8 Å². The number of benzene rings is 1. The fourth-order valence-corrected chi connectivity index (χ4v) is 2.26. The van der Waals surface area contributed by atoms with Gasteiger partial charge in [0.05, 0.1) is 6.04 Å². The lowest BCUT2D eigenvalue weighted by Gasteiger charge is -2.17. The van der Waals surface area contributed by atoms with Crippen LogP contribution in [0.3, 0.4) is 0 Å². The molecule has 0 saturated heterocycles. The van der Waals surface area contributed by atoms with Crippen molar-refractivity contribution in [2.24, 2.45) is 5.73 Å². The molecule has 2 rings (SSSR count). The minimum Gasteiger partial charge on any atom is -0.320 e. The summed E-state index contributed by atoms with van der Waals surface area (Å²) in [5.74, 6) is 0. The Bertz CT molecular complexity index is 628. The van der Waals surface area contributed by atoms with E-state index in [2.05, 4.69) is 6.92 Å². The lowest BCUT2D eigenvalue weighted by Crippen LogP contribution is -2.29. The van der Waals surface area contributed by atoms with Gasteiger partial charge in [0, 0.05) is 17.8 Å². The molecular formula is C17H22N2O. The molecule has 0 radical (unpaired) electrons. The standard InChI is InChI=1S/C17H22N2O/c1-4-13(3)19-11-5-6-15(17(19)20)16(18)14-9-7-12(2)8-10-14/h5-11,13,16H,4,18H2,1-3H3. The number of hydrogen-bond acceptors (Lipinski definition) is 2. The molecule has 0 saturated carbocycles. The van der Waals surface area contributed by atoms with Crippen molar-refractivity contribution in [2.75, 3.05) is 0 Å². The van der Waals surface area contributed by atoms with Crippen molar-refractivity contribution in [3.63, 3.8) is 0 Å². The largest absolute Gasteiger partial charge is 0.320 e. The molecule has 2 atom stereocenters. The number of nitrogens with zero attached hydrogens (tertiary/aromatic N) is 1. The van der Waals surface area contributed by atoms with Gasteiger partial charge < -0.3 is 10.3 Å². The summed E-state index contributed by atoms with van der Waals surface area (Å²) in [6.45, 7) is 6.15. The van der Waals surface area contributed by atoms with Gasteiger partial charge in [0.25, 0.3) is 5.56 Å². The molecule has 0 aliphatic rings. The summed E-state index contributed by atoms with van der Waals surface area (Å²) in [5.41, 5.74) is 9.08. The molecule has 0 fully saturated rings. The maximum atomic E-state index is 12.5. The molecule has 1 aromatic carbocycles. The molecular weight excluding hydrogens is 248 g/mol. The van der Waals surface area contributed by atoms with Gasteiger partial charge in [0.15, 0.2) is 0 Å². The molecule has 3 nitrogen and oxygen atoms in total. The maximum Gasteiger partial charge on any atom is 0.255 e. The Morgan fingerprint density at radius 2 is 1.85 bits per heavy atom. The summed E-state index contributed by atoms with van der Waals surface area (Å²) in [6, 6.07) is 11.5. The highest BCUT2D eigenvalue weighted by molar-refractivity contribution is 5.31. The Morgan fingerprint density at radius 1 is 1.20 bits per heavy atom. The Hall–Kier alpha value is -1.87. The van der Waals surface area contributed by atoms with Crippen LogP contribution in [0, 0.1) is 6.92 Å². The molecule has 2 aromatic rings. The second-order valence-corrected chi connectivity index (χ2v) is 5.32. The van der Waals surface area contributed by atoms with Crippen molar-refractivity contribution in [1.82, 2.24) is 4.57 Å². The van der Waals surface area contributed by atoms with Gasteiger partial charge in [-0.15, -0.1) is 0 Å². The topological polar surface area (TPSA) is 48.0 Å². The van der Waals surface area contributed by atoms with E-state index in [1.54, 1.807) is 4.57 Å². The fraction of sp³-hybridized carbons (Fsp3) is 0.353. The Labute approximate surface area is 120 Å². The number of hydrogen-bond donors (Lipinski definition) is 1. The summed E-state index contributed by atoms with van der Waals surface area (Å²) in [6.07, 6.45) is 2.75. The lowest BCUT2D eigenvalue weighted by atomic mass is 9.99. The summed E-state index contributed by atoms with van der Waals surface area (Å²) < 4.78 is 1.77. The molecule has 3 heteroatoms. The van der Waals surface area contributed by atoms with Crippen LogP contribution in [0.2, 0.25) is 0 Å². The molecule has 2 unspecified atom stereocenters. The highest BCUT2D eigenvalue weighted by atomic mass is 16.1. The van der Waals surface area contributed by atoms with Crippen LogP contribution >= 0.6 is 0 Å². The minimum atomic E-state index is -0.375. The van der Waals surface area contributed by atoms with Gasteiger partial charge in [-0.3, -0.25) is 4.79 Å². The lowest BCUT2D eigenvalue weighted by molar-refractivity contribution is 0.509. The van der Waals surface area contributed by atoms with E-state index in [9.17, 15) is 4.79 Å². The van der Waals surface area contributed by atoms with E-state index in [1.807, 2.05) is 56.4 Å². The fourth-order valence-electron chi connectivity index (χ4n) is 2.26. The number of aryl methyl sites for hydroxylation is 1. The normalized spacial score (nSPS) is 14.0. The zero-order valence-corrected chi connectivity index (χ0v) is 12.3. The predicted octanol–water partition coefficient (Wildman–Crippen LogP) is 3.18. The summed E-state index contributed by atoms with van der Waals surface area (Å²) in [4.78, 5) is 12.5. The molecule has 20 heavy (non-hydrogen) atoms. The molecule has 0 spiro atoms. The van der Waals surface area contributed by atoms with Crippen LogP contribution in [0.4, 0.5) is 0 Å². The van der Waals surface area contributed by atoms with Gasteiger partial charge in [-0.2, -0.15) is 0 Å². The molecule has 0 aliphatic carbocycles. The molecule has 2 N–H and O–H groups in total. The van der Waals surface area contributed by atoms with Crippen molar-refractivity contribution in [2.45, 2.75) is 39.3 Å². The third kappa shape index (κ3) is 2.83. The Kier molecular flexibility index (Phi) is 4.40. The number of nitrogens with two attached hydrogens (primary N) is 1. The van der Waals surface area contributed by atoms with Gasteiger partial charge in [-0.25, -0.2) is 0 Å². The van der Waals surface area contributed by atoms with Crippen molar-refractivity contribution >= 4 is 0 Å². The van der Waals surface area contributed by atoms with Crippen molar-refractivity contribution in [3.8, 4) is 0 Å². The predicted molar refractivity (Wildman–Crippen MR) is 82.9 cm³/mol. The van der Waals surface area contributed by atoms with Crippen LogP contribution in [-0.4, -0.2) is 4.57 Å². The van der Waals surface area contributed by atoms with E-state index in [-0.39, 0.29) is 17.6 Å². The van der Waals surface area contributed by atoms with Crippen LogP contribution < -0.4 is 11.3 Å². The van der Waals surface area contributed by atoms with Gasteiger partial charge in [-0.05, 0) is 31.9 Å². The first-order valence-corrected chi connectivity index (χ1v) is 7.07. The van der Waals surface area contributed by atoms with Gasteiger partial charge in [0.1, 0.15) is 0 Å².